The maximum atomic E-state index is 13.5. The Morgan fingerprint density at radius 2 is 1.95 bits per heavy atom. The number of amides is 1. The largest absolute Gasteiger partial charge is 0.480 e. The van der Waals surface area contributed by atoms with Crippen molar-refractivity contribution >= 4 is 27.6 Å². The first kappa shape index (κ1) is 15.2. The van der Waals surface area contributed by atoms with Crippen LogP contribution in [0.3, 0.4) is 0 Å². The van der Waals surface area contributed by atoms with Gasteiger partial charge in [-0.2, -0.15) is 0 Å². The number of hydrogen-bond donors (Lipinski definition) is 3. The number of benzene rings is 1. The van der Waals surface area contributed by atoms with E-state index < -0.39 is 33.3 Å². The summed E-state index contributed by atoms with van der Waals surface area (Å²) >= 11 is 0. The molecule has 0 saturated heterocycles. The Hall–Kier alpha value is -2.16. The molecule has 1 saturated carbocycles. The number of anilines is 1. The van der Waals surface area contributed by atoms with Gasteiger partial charge in [-0.1, -0.05) is 0 Å². The van der Waals surface area contributed by atoms with Crippen molar-refractivity contribution in [3.8, 4) is 0 Å². The standard InChI is InChI=1S/C12H13FN2O5S/c1-21(19,20)15-9-6-7(2-3-8(9)13)10(16)14-12(4-5-12)11(17)18/h2-3,6,15H,4-5H2,1H3,(H,14,16)(H,17,18). The SMILES string of the molecule is CS(=O)(=O)Nc1cc(C(=O)NC2(C(=O)O)CC2)ccc1F. The first-order valence-corrected chi connectivity index (χ1v) is 7.85. The van der Waals surface area contributed by atoms with Crippen molar-refractivity contribution in [3.05, 3.63) is 29.6 Å². The molecule has 1 aromatic carbocycles. The molecule has 1 aromatic rings. The first-order chi connectivity index (χ1) is 9.63. The molecule has 0 unspecified atom stereocenters. The van der Waals surface area contributed by atoms with E-state index in [2.05, 4.69) is 5.32 Å². The Morgan fingerprint density at radius 1 is 1.33 bits per heavy atom. The number of carbonyl (C=O) groups is 2. The minimum Gasteiger partial charge on any atom is -0.480 e. The highest BCUT2D eigenvalue weighted by Gasteiger charge is 2.51. The second-order valence-corrected chi connectivity index (χ2v) is 6.66. The second kappa shape index (κ2) is 4.99. The topological polar surface area (TPSA) is 113 Å². The van der Waals surface area contributed by atoms with E-state index in [1.165, 1.54) is 0 Å². The third-order valence-corrected chi connectivity index (χ3v) is 3.63. The van der Waals surface area contributed by atoms with Gasteiger partial charge in [0.15, 0.2) is 0 Å². The van der Waals surface area contributed by atoms with Crippen molar-refractivity contribution in [1.82, 2.24) is 5.32 Å². The monoisotopic (exact) mass is 316 g/mol. The summed E-state index contributed by atoms with van der Waals surface area (Å²) in [6.45, 7) is 0. The summed E-state index contributed by atoms with van der Waals surface area (Å²) in [6, 6.07) is 3.10. The van der Waals surface area contributed by atoms with Crippen molar-refractivity contribution in [1.29, 1.82) is 0 Å². The van der Waals surface area contributed by atoms with Gasteiger partial charge < -0.3 is 10.4 Å². The Morgan fingerprint density at radius 3 is 2.43 bits per heavy atom. The number of halogens is 1. The average molecular weight is 316 g/mol. The molecule has 1 amide bonds. The van der Waals surface area contributed by atoms with Gasteiger partial charge in [0.2, 0.25) is 10.0 Å². The highest BCUT2D eigenvalue weighted by Crippen LogP contribution is 2.35. The smallest absolute Gasteiger partial charge is 0.329 e. The molecule has 0 aromatic heterocycles. The lowest BCUT2D eigenvalue weighted by molar-refractivity contribution is -0.140. The molecule has 0 radical (unpaired) electrons. The van der Waals surface area contributed by atoms with E-state index in [9.17, 15) is 22.4 Å². The Labute approximate surface area is 120 Å². The molecular weight excluding hydrogens is 303 g/mol. The Bertz CT molecular complexity index is 712. The van der Waals surface area contributed by atoms with Crippen LogP contribution in [0.1, 0.15) is 23.2 Å². The minimum absolute atomic E-state index is 0.0323. The molecule has 7 nitrogen and oxygen atoms in total. The third-order valence-electron chi connectivity index (χ3n) is 3.04. The van der Waals surface area contributed by atoms with E-state index in [1.807, 2.05) is 4.72 Å². The van der Waals surface area contributed by atoms with Crippen LogP contribution in [0.15, 0.2) is 18.2 Å². The molecule has 0 atom stereocenters. The van der Waals surface area contributed by atoms with Crippen LogP contribution in [0, 0.1) is 5.82 Å². The van der Waals surface area contributed by atoms with Gasteiger partial charge in [0.25, 0.3) is 5.91 Å². The predicted molar refractivity (Wildman–Crippen MR) is 71.9 cm³/mol. The van der Waals surface area contributed by atoms with Crippen LogP contribution in [0.5, 0.6) is 0 Å². The van der Waals surface area contributed by atoms with Gasteiger partial charge in [0, 0.05) is 5.56 Å². The van der Waals surface area contributed by atoms with Gasteiger partial charge in [-0.3, -0.25) is 9.52 Å². The van der Waals surface area contributed by atoms with Crippen LogP contribution in [-0.4, -0.2) is 37.2 Å². The second-order valence-electron chi connectivity index (χ2n) is 4.91. The molecule has 1 fully saturated rings. The summed E-state index contributed by atoms with van der Waals surface area (Å²) in [6.07, 6.45) is 1.50. The van der Waals surface area contributed by atoms with Crippen LogP contribution in [0.25, 0.3) is 0 Å². The molecule has 21 heavy (non-hydrogen) atoms. The lowest BCUT2D eigenvalue weighted by Crippen LogP contribution is -2.43. The van der Waals surface area contributed by atoms with Gasteiger partial charge >= 0.3 is 5.97 Å². The first-order valence-electron chi connectivity index (χ1n) is 5.96. The number of hydrogen-bond acceptors (Lipinski definition) is 4. The van der Waals surface area contributed by atoms with Gasteiger partial charge in [0.1, 0.15) is 11.4 Å². The maximum absolute atomic E-state index is 13.5. The van der Waals surface area contributed by atoms with Crippen LogP contribution >= 0.6 is 0 Å². The molecule has 114 valence electrons. The molecule has 2 rings (SSSR count). The third kappa shape index (κ3) is 3.48. The number of sulfonamides is 1. The molecule has 0 spiro atoms. The van der Waals surface area contributed by atoms with Crippen molar-refractivity contribution in [3.63, 3.8) is 0 Å². The Balaban J connectivity index is 2.23. The summed E-state index contributed by atoms with van der Waals surface area (Å²) in [7, 11) is -3.69. The number of aliphatic carboxylic acids is 1. The number of rotatable bonds is 5. The fourth-order valence-corrected chi connectivity index (χ4v) is 2.31. The van der Waals surface area contributed by atoms with Gasteiger partial charge in [0.05, 0.1) is 11.9 Å². The number of carboxylic acid groups (broad SMARTS) is 1. The highest BCUT2D eigenvalue weighted by molar-refractivity contribution is 7.92. The van der Waals surface area contributed by atoms with Crippen LogP contribution in [0.2, 0.25) is 0 Å². The van der Waals surface area contributed by atoms with E-state index in [0.717, 1.165) is 24.5 Å². The zero-order valence-electron chi connectivity index (χ0n) is 11.0. The summed E-state index contributed by atoms with van der Waals surface area (Å²) in [5, 5.41) is 11.3. The fourth-order valence-electron chi connectivity index (χ4n) is 1.75. The maximum Gasteiger partial charge on any atom is 0.329 e. The van der Waals surface area contributed by atoms with E-state index in [4.69, 9.17) is 5.11 Å². The van der Waals surface area contributed by atoms with Crippen molar-refractivity contribution in [2.24, 2.45) is 0 Å². The summed E-state index contributed by atoms with van der Waals surface area (Å²) in [4.78, 5) is 23.0. The molecule has 1 aliphatic carbocycles. The van der Waals surface area contributed by atoms with E-state index >= 15 is 0 Å². The van der Waals surface area contributed by atoms with E-state index in [0.29, 0.717) is 12.8 Å². The summed E-state index contributed by atoms with van der Waals surface area (Å²) in [5.74, 6) is -2.67. The predicted octanol–water partition coefficient (Wildman–Crippen LogP) is 0.544. The molecular formula is C12H13FN2O5S. The van der Waals surface area contributed by atoms with Crippen LogP contribution < -0.4 is 10.0 Å². The Kier molecular flexibility index (Phi) is 3.62. The van der Waals surface area contributed by atoms with Crippen molar-refractivity contribution < 1.29 is 27.5 Å². The number of carbonyl (C=O) groups excluding carboxylic acids is 1. The lowest BCUT2D eigenvalue weighted by Gasteiger charge is -2.13. The molecule has 1 aliphatic rings. The van der Waals surface area contributed by atoms with E-state index in [-0.39, 0.29) is 11.3 Å². The molecule has 3 N–H and O–H groups in total. The molecule has 0 bridgehead atoms. The normalized spacial score (nSPS) is 16.1. The van der Waals surface area contributed by atoms with Gasteiger partial charge in [-0.05, 0) is 31.0 Å². The molecule has 0 aliphatic heterocycles. The highest BCUT2D eigenvalue weighted by atomic mass is 32.2. The van der Waals surface area contributed by atoms with Crippen molar-refractivity contribution in [2.75, 3.05) is 11.0 Å². The number of carboxylic acids is 1. The molecule has 0 heterocycles. The summed E-state index contributed by atoms with van der Waals surface area (Å²) < 4.78 is 37.6. The zero-order chi connectivity index (χ0) is 15.8. The van der Waals surface area contributed by atoms with Gasteiger partial charge in [-0.25, -0.2) is 17.6 Å². The minimum atomic E-state index is -3.69. The fraction of sp³-hybridized carbons (Fsp3) is 0.333. The van der Waals surface area contributed by atoms with Gasteiger partial charge in [-0.15, -0.1) is 0 Å². The number of nitrogens with one attached hydrogen (secondary N) is 2. The average Bonchev–Trinajstić information content (AvgIpc) is 3.11. The zero-order valence-corrected chi connectivity index (χ0v) is 11.8. The quantitative estimate of drug-likeness (QED) is 0.734. The summed E-state index contributed by atoms with van der Waals surface area (Å²) in [5.41, 5.74) is -1.67. The lowest BCUT2D eigenvalue weighted by atomic mass is 10.1. The van der Waals surface area contributed by atoms with E-state index in [1.54, 1.807) is 0 Å². The van der Waals surface area contributed by atoms with Crippen LogP contribution in [-0.2, 0) is 14.8 Å². The molecule has 9 heteroatoms. The van der Waals surface area contributed by atoms with Crippen LogP contribution in [0.4, 0.5) is 10.1 Å². The van der Waals surface area contributed by atoms with Crippen molar-refractivity contribution in [2.45, 2.75) is 18.4 Å².